The van der Waals surface area contributed by atoms with E-state index in [2.05, 4.69) is 12.3 Å². The Morgan fingerprint density at radius 2 is 2.50 bits per heavy atom. The van der Waals surface area contributed by atoms with E-state index < -0.39 is 5.83 Å². The predicted molar refractivity (Wildman–Crippen MR) is 30.0 cm³/mol. The Kier molecular flexibility index (Phi) is 3.85. The van der Waals surface area contributed by atoms with Crippen LogP contribution >= 0.6 is 0 Å². The van der Waals surface area contributed by atoms with Crippen LogP contribution < -0.4 is 0 Å². The van der Waals surface area contributed by atoms with Gasteiger partial charge in [-0.3, -0.25) is 0 Å². The molecule has 1 nitrogen and oxygen atoms in total. The Morgan fingerprint density at radius 1 is 1.88 bits per heavy atom. The lowest BCUT2D eigenvalue weighted by molar-refractivity contribution is 0.339. The van der Waals surface area contributed by atoms with Gasteiger partial charge in [-0.2, -0.15) is 0 Å². The molecule has 0 spiro atoms. The quantitative estimate of drug-likeness (QED) is 0.422. The summed E-state index contributed by atoms with van der Waals surface area (Å²) in [7, 11) is 0. The second kappa shape index (κ2) is 4.31. The van der Waals surface area contributed by atoms with Gasteiger partial charge in [0.05, 0.1) is 6.61 Å². The van der Waals surface area contributed by atoms with E-state index >= 15 is 0 Å². The molecule has 0 aliphatic rings. The Labute approximate surface area is 47.5 Å². The number of hydrogen-bond donors (Lipinski definition) is 1. The smallest absolute Gasteiger partial charge is 0.129 e. The highest BCUT2D eigenvalue weighted by molar-refractivity contribution is 5.08. The van der Waals surface area contributed by atoms with Crippen molar-refractivity contribution < 1.29 is 9.50 Å². The summed E-state index contributed by atoms with van der Waals surface area (Å²) in [6.07, 6.45) is 2.08. The molecular weight excluding hydrogens is 107 g/mol. The summed E-state index contributed by atoms with van der Waals surface area (Å²) in [5.74, 6) is -0.512. The molecule has 0 amide bonds. The molecule has 0 aromatic rings. The predicted octanol–water partition coefficient (Wildman–Crippen LogP) is 1.17. The van der Waals surface area contributed by atoms with Gasteiger partial charge in [-0.1, -0.05) is 6.58 Å². The number of halogens is 1. The third-order valence-electron chi connectivity index (χ3n) is 0.526. The van der Waals surface area contributed by atoms with Gasteiger partial charge >= 0.3 is 0 Å². The van der Waals surface area contributed by atoms with Crippen LogP contribution in [0.15, 0.2) is 30.3 Å². The van der Waals surface area contributed by atoms with Gasteiger partial charge in [0.25, 0.3) is 0 Å². The fraction of sp³-hybridized carbons (Fsp3) is 0.167. The maximum atomic E-state index is 11.9. The average Bonchev–Trinajstić information content (AvgIpc) is 1.68. The summed E-state index contributed by atoms with van der Waals surface area (Å²) in [6, 6.07) is 0. The zero-order valence-electron chi connectivity index (χ0n) is 4.39. The van der Waals surface area contributed by atoms with Gasteiger partial charge in [-0.15, -0.1) is 5.73 Å². The van der Waals surface area contributed by atoms with E-state index in [4.69, 9.17) is 5.11 Å². The lowest BCUT2D eigenvalue weighted by Gasteiger charge is -1.78. The van der Waals surface area contributed by atoms with Gasteiger partial charge in [-0.05, 0) is 6.08 Å². The van der Waals surface area contributed by atoms with E-state index in [0.717, 1.165) is 12.2 Å². The van der Waals surface area contributed by atoms with Crippen LogP contribution in [0, 0.1) is 0 Å². The molecule has 0 radical (unpaired) electrons. The van der Waals surface area contributed by atoms with Crippen LogP contribution in [0.5, 0.6) is 0 Å². The molecule has 44 valence electrons. The molecular formula is C6H7FO. The van der Waals surface area contributed by atoms with Crippen molar-refractivity contribution in [2.24, 2.45) is 0 Å². The standard InChI is InChI=1S/C6H7FO/c1-2-3-6(7)4-5-8/h3-4,8H,1,5H2. The molecule has 0 bridgehead atoms. The lowest BCUT2D eigenvalue weighted by Crippen LogP contribution is -1.72. The molecule has 0 saturated carbocycles. The van der Waals surface area contributed by atoms with Gasteiger partial charge in [0.2, 0.25) is 0 Å². The van der Waals surface area contributed by atoms with E-state index in [1.165, 1.54) is 0 Å². The van der Waals surface area contributed by atoms with Crippen molar-refractivity contribution in [1.82, 2.24) is 0 Å². The Bertz CT molecular complexity index is 131. The van der Waals surface area contributed by atoms with Crippen LogP contribution in [0.25, 0.3) is 0 Å². The Balaban J connectivity index is 3.79. The maximum Gasteiger partial charge on any atom is 0.129 e. The van der Waals surface area contributed by atoms with Gasteiger partial charge in [-0.25, -0.2) is 4.39 Å². The van der Waals surface area contributed by atoms with Crippen LogP contribution in [0.1, 0.15) is 0 Å². The minimum atomic E-state index is -0.512. The molecule has 0 unspecified atom stereocenters. The summed E-state index contributed by atoms with van der Waals surface area (Å²) in [6.45, 7) is 2.85. The minimum absolute atomic E-state index is 0.288. The van der Waals surface area contributed by atoms with Gasteiger partial charge in [0.1, 0.15) is 5.83 Å². The zero-order valence-corrected chi connectivity index (χ0v) is 4.39. The third-order valence-corrected chi connectivity index (χ3v) is 0.526. The van der Waals surface area contributed by atoms with Crippen molar-refractivity contribution >= 4 is 0 Å². The summed E-state index contributed by atoms with van der Waals surface area (Å²) in [5, 5.41) is 8.08. The number of aliphatic hydroxyl groups is 1. The number of aliphatic hydroxyl groups excluding tert-OH is 1. The molecule has 0 rings (SSSR count). The first-order chi connectivity index (χ1) is 3.81. The van der Waals surface area contributed by atoms with Crippen molar-refractivity contribution in [3.05, 3.63) is 30.3 Å². The number of allylic oxidation sites excluding steroid dienone is 2. The summed E-state index contributed by atoms with van der Waals surface area (Å²) < 4.78 is 11.9. The fourth-order valence-electron chi connectivity index (χ4n) is 0.244. The first-order valence-electron chi connectivity index (χ1n) is 2.13. The highest BCUT2D eigenvalue weighted by Crippen LogP contribution is 1.94. The van der Waals surface area contributed by atoms with Crippen LogP contribution in [0.3, 0.4) is 0 Å². The van der Waals surface area contributed by atoms with Crippen LogP contribution in [-0.2, 0) is 0 Å². The molecule has 8 heavy (non-hydrogen) atoms. The van der Waals surface area contributed by atoms with E-state index in [1.54, 1.807) is 0 Å². The van der Waals surface area contributed by atoms with Crippen molar-refractivity contribution in [1.29, 1.82) is 0 Å². The normalized spacial score (nSPS) is 10.5. The van der Waals surface area contributed by atoms with Crippen molar-refractivity contribution in [2.75, 3.05) is 6.61 Å². The van der Waals surface area contributed by atoms with E-state index in [-0.39, 0.29) is 6.61 Å². The van der Waals surface area contributed by atoms with E-state index in [1.807, 2.05) is 0 Å². The van der Waals surface area contributed by atoms with Crippen LogP contribution in [-0.4, -0.2) is 11.7 Å². The van der Waals surface area contributed by atoms with E-state index in [9.17, 15) is 4.39 Å². The summed E-state index contributed by atoms with van der Waals surface area (Å²) >= 11 is 0. The average molecular weight is 114 g/mol. The fourth-order valence-corrected chi connectivity index (χ4v) is 0.244. The first-order valence-corrected chi connectivity index (χ1v) is 2.13. The van der Waals surface area contributed by atoms with Gasteiger partial charge in [0, 0.05) is 6.08 Å². The second-order valence-corrected chi connectivity index (χ2v) is 1.12. The Morgan fingerprint density at radius 3 is 2.88 bits per heavy atom. The van der Waals surface area contributed by atoms with Gasteiger partial charge < -0.3 is 5.11 Å². The molecule has 0 saturated heterocycles. The molecule has 0 aromatic carbocycles. The number of hydrogen-bond acceptors (Lipinski definition) is 1. The molecule has 0 heterocycles. The lowest BCUT2D eigenvalue weighted by atomic mass is 10.4. The SMILES string of the molecule is C=C=CC(F)=CCO. The van der Waals surface area contributed by atoms with Crippen LogP contribution in [0.2, 0.25) is 0 Å². The molecule has 0 fully saturated rings. The highest BCUT2D eigenvalue weighted by Gasteiger charge is 1.80. The molecule has 2 heteroatoms. The summed E-state index contributed by atoms with van der Waals surface area (Å²) in [4.78, 5) is 0. The third kappa shape index (κ3) is 3.34. The zero-order chi connectivity index (χ0) is 6.41. The van der Waals surface area contributed by atoms with Crippen LogP contribution in [0.4, 0.5) is 4.39 Å². The molecule has 0 aliphatic heterocycles. The molecule has 0 aromatic heterocycles. The molecule has 1 N–H and O–H groups in total. The van der Waals surface area contributed by atoms with Crippen molar-refractivity contribution in [3.8, 4) is 0 Å². The Hall–Kier alpha value is -0.850. The minimum Gasteiger partial charge on any atom is -0.392 e. The van der Waals surface area contributed by atoms with Crippen molar-refractivity contribution in [3.63, 3.8) is 0 Å². The number of rotatable bonds is 2. The summed E-state index contributed by atoms with van der Waals surface area (Å²) in [5.41, 5.74) is 2.22. The highest BCUT2D eigenvalue weighted by atomic mass is 19.1. The molecule has 0 atom stereocenters. The first kappa shape index (κ1) is 7.15. The maximum absolute atomic E-state index is 11.9. The van der Waals surface area contributed by atoms with E-state index in [0.29, 0.717) is 0 Å². The van der Waals surface area contributed by atoms with Gasteiger partial charge in [0.15, 0.2) is 0 Å². The largest absolute Gasteiger partial charge is 0.392 e. The monoisotopic (exact) mass is 114 g/mol. The van der Waals surface area contributed by atoms with Crippen molar-refractivity contribution in [2.45, 2.75) is 0 Å². The molecule has 0 aliphatic carbocycles. The topological polar surface area (TPSA) is 20.2 Å². The second-order valence-electron chi connectivity index (χ2n) is 1.12.